The van der Waals surface area contributed by atoms with E-state index >= 15 is 0 Å². The van der Waals surface area contributed by atoms with Crippen molar-refractivity contribution in [3.8, 4) is 11.3 Å². The van der Waals surface area contributed by atoms with Crippen LogP contribution in [-0.2, 0) is 9.59 Å². The molecule has 4 rings (SSSR count). The molecule has 3 aromatic rings. The number of amides is 2. The molecule has 31 heavy (non-hydrogen) atoms. The van der Waals surface area contributed by atoms with Crippen molar-refractivity contribution in [3.63, 3.8) is 0 Å². The van der Waals surface area contributed by atoms with Crippen molar-refractivity contribution in [3.05, 3.63) is 54.3 Å². The van der Waals surface area contributed by atoms with Gasteiger partial charge in [0.2, 0.25) is 11.8 Å². The van der Waals surface area contributed by atoms with Crippen LogP contribution in [0, 0.1) is 5.82 Å². The van der Waals surface area contributed by atoms with E-state index in [4.69, 9.17) is 12.2 Å². The first-order valence-corrected chi connectivity index (χ1v) is 11.8. The van der Waals surface area contributed by atoms with E-state index in [1.807, 2.05) is 24.3 Å². The molecule has 2 aromatic carbocycles. The zero-order valence-electron chi connectivity index (χ0n) is 16.2. The van der Waals surface area contributed by atoms with Gasteiger partial charge in [-0.05, 0) is 24.3 Å². The Kier molecular flexibility index (Phi) is 6.79. The van der Waals surface area contributed by atoms with E-state index in [0.717, 1.165) is 16.3 Å². The minimum atomic E-state index is -0.311. The SMILES string of the molecule is O=C(CSc1nnc(-c2ccc(F)cc2)c2ccccc12)NCCN1C(=O)CSC1=S. The Balaban J connectivity index is 1.41. The molecule has 10 heteroatoms. The molecule has 0 bridgehead atoms. The maximum absolute atomic E-state index is 13.3. The maximum Gasteiger partial charge on any atom is 0.238 e. The van der Waals surface area contributed by atoms with Gasteiger partial charge < -0.3 is 5.32 Å². The highest BCUT2D eigenvalue weighted by Gasteiger charge is 2.26. The third-order valence-electron chi connectivity index (χ3n) is 4.61. The lowest BCUT2D eigenvalue weighted by atomic mass is 10.1. The Bertz CT molecular complexity index is 1140. The quantitative estimate of drug-likeness (QED) is 0.417. The summed E-state index contributed by atoms with van der Waals surface area (Å²) in [5, 5.41) is 13.8. The number of nitrogens with one attached hydrogen (secondary N) is 1. The van der Waals surface area contributed by atoms with E-state index in [1.54, 1.807) is 12.1 Å². The first-order valence-electron chi connectivity index (χ1n) is 9.41. The van der Waals surface area contributed by atoms with Crippen LogP contribution in [0.4, 0.5) is 4.39 Å². The molecule has 1 saturated heterocycles. The molecule has 1 N–H and O–H groups in total. The van der Waals surface area contributed by atoms with Gasteiger partial charge in [-0.25, -0.2) is 4.39 Å². The van der Waals surface area contributed by atoms with Crippen LogP contribution in [0.15, 0.2) is 53.6 Å². The number of hydrogen-bond donors (Lipinski definition) is 1. The lowest BCUT2D eigenvalue weighted by molar-refractivity contribution is -0.124. The number of aromatic nitrogens is 2. The maximum atomic E-state index is 13.3. The Labute approximate surface area is 192 Å². The van der Waals surface area contributed by atoms with Crippen molar-refractivity contribution in [2.45, 2.75) is 5.03 Å². The van der Waals surface area contributed by atoms with Gasteiger partial charge in [-0.2, -0.15) is 0 Å². The van der Waals surface area contributed by atoms with E-state index in [9.17, 15) is 14.0 Å². The molecule has 0 saturated carbocycles. The van der Waals surface area contributed by atoms with Gasteiger partial charge in [0.05, 0.1) is 11.5 Å². The standard InChI is InChI=1S/C21H17FN4O2S3/c22-14-7-5-13(6-8-14)19-15-3-1-2-4-16(15)20(25-24-19)30-11-17(27)23-9-10-26-18(28)12-31-21(26)29/h1-8H,9-12H2,(H,23,27). The molecular formula is C21H17FN4O2S3. The molecule has 2 heterocycles. The van der Waals surface area contributed by atoms with Gasteiger partial charge in [-0.15, -0.1) is 10.2 Å². The number of thioether (sulfide) groups is 2. The zero-order valence-corrected chi connectivity index (χ0v) is 18.7. The van der Waals surface area contributed by atoms with Crippen LogP contribution in [0.5, 0.6) is 0 Å². The van der Waals surface area contributed by atoms with Gasteiger partial charge in [-0.3, -0.25) is 14.5 Å². The van der Waals surface area contributed by atoms with Crippen molar-refractivity contribution < 1.29 is 14.0 Å². The molecule has 0 unspecified atom stereocenters. The van der Waals surface area contributed by atoms with Gasteiger partial charge in [0, 0.05) is 29.4 Å². The highest BCUT2D eigenvalue weighted by Crippen LogP contribution is 2.31. The summed E-state index contributed by atoms with van der Waals surface area (Å²) in [4.78, 5) is 25.5. The highest BCUT2D eigenvalue weighted by atomic mass is 32.2. The predicted octanol–water partition coefficient (Wildman–Crippen LogP) is 3.50. The summed E-state index contributed by atoms with van der Waals surface area (Å²) in [5.41, 5.74) is 1.43. The van der Waals surface area contributed by atoms with E-state index in [1.165, 1.54) is 40.6 Å². The lowest BCUT2D eigenvalue weighted by Crippen LogP contribution is -2.37. The normalized spacial score (nSPS) is 13.8. The number of carbonyl (C=O) groups is 2. The summed E-state index contributed by atoms with van der Waals surface area (Å²) in [7, 11) is 0. The number of benzene rings is 2. The first kappa shape index (κ1) is 21.7. The minimum Gasteiger partial charge on any atom is -0.354 e. The third kappa shape index (κ3) is 5.03. The number of carbonyl (C=O) groups excluding carboxylic acids is 2. The van der Waals surface area contributed by atoms with Crippen LogP contribution in [0.2, 0.25) is 0 Å². The second-order valence-corrected chi connectivity index (χ2v) is 9.22. The summed E-state index contributed by atoms with van der Waals surface area (Å²) in [6.45, 7) is 0.706. The molecule has 0 atom stereocenters. The van der Waals surface area contributed by atoms with Crippen molar-refractivity contribution in [1.29, 1.82) is 0 Å². The molecule has 0 spiro atoms. The van der Waals surface area contributed by atoms with Gasteiger partial charge in [0.25, 0.3) is 0 Å². The molecule has 6 nitrogen and oxygen atoms in total. The summed E-state index contributed by atoms with van der Waals surface area (Å²) in [5.74, 6) is 0.0310. The number of thiocarbonyl (C=S) groups is 1. The topological polar surface area (TPSA) is 75.2 Å². The van der Waals surface area contributed by atoms with Crippen molar-refractivity contribution in [2.75, 3.05) is 24.6 Å². The van der Waals surface area contributed by atoms with E-state index in [0.29, 0.717) is 33.9 Å². The van der Waals surface area contributed by atoms with Crippen LogP contribution in [-0.4, -0.2) is 55.8 Å². The zero-order chi connectivity index (χ0) is 21.8. The number of nitrogens with zero attached hydrogens (tertiary/aromatic N) is 3. The van der Waals surface area contributed by atoms with Crippen LogP contribution < -0.4 is 5.32 Å². The van der Waals surface area contributed by atoms with Gasteiger partial charge in [-0.1, -0.05) is 60.0 Å². The molecule has 2 amide bonds. The Hall–Kier alpha value is -2.56. The van der Waals surface area contributed by atoms with Gasteiger partial charge in [0.15, 0.2) is 0 Å². The summed E-state index contributed by atoms with van der Waals surface area (Å²) in [6, 6.07) is 13.8. The fourth-order valence-electron chi connectivity index (χ4n) is 3.10. The second-order valence-electron chi connectivity index (χ2n) is 6.64. The van der Waals surface area contributed by atoms with Gasteiger partial charge >= 0.3 is 0 Å². The molecule has 1 aliphatic heterocycles. The summed E-state index contributed by atoms with van der Waals surface area (Å²) in [6.07, 6.45) is 0. The lowest BCUT2D eigenvalue weighted by Gasteiger charge is -2.15. The summed E-state index contributed by atoms with van der Waals surface area (Å²) < 4.78 is 13.8. The van der Waals surface area contributed by atoms with E-state index in [2.05, 4.69) is 15.5 Å². The van der Waals surface area contributed by atoms with E-state index in [-0.39, 0.29) is 23.4 Å². The first-order chi connectivity index (χ1) is 15.0. The van der Waals surface area contributed by atoms with Crippen LogP contribution >= 0.6 is 35.7 Å². The van der Waals surface area contributed by atoms with E-state index < -0.39 is 0 Å². The third-order valence-corrected chi connectivity index (χ3v) is 7.02. The molecule has 0 radical (unpaired) electrons. The second kappa shape index (κ2) is 9.71. The average molecular weight is 473 g/mol. The predicted molar refractivity (Wildman–Crippen MR) is 125 cm³/mol. The minimum absolute atomic E-state index is 0.0263. The molecule has 1 aromatic heterocycles. The Morgan fingerprint density at radius 2 is 1.90 bits per heavy atom. The molecule has 1 fully saturated rings. The van der Waals surface area contributed by atoms with Crippen LogP contribution in [0.1, 0.15) is 0 Å². The van der Waals surface area contributed by atoms with Crippen molar-refractivity contribution >= 4 is 62.6 Å². The average Bonchev–Trinajstić information content (AvgIpc) is 3.10. The fraction of sp³-hybridized carbons (Fsp3) is 0.190. The number of halogens is 1. The molecule has 1 aliphatic rings. The van der Waals surface area contributed by atoms with Crippen molar-refractivity contribution in [2.24, 2.45) is 0 Å². The Morgan fingerprint density at radius 3 is 2.61 bits per heavy atom. The Morgan fingerprint density at radius 1 is 1.16 bits per heavy atom. The number of rotatable bonds is 7. The van der Waals surface area contributed by atoms with Crippen LogP contribution in [0.3, 0.4) is 0 Å². The fourth-order valence-corrected chi connectivity index (χ4v) is 5.02. The number of fused-ring (bicyclic) bond motifs is 1. The van der Waals surface area contributed by atoms with Crippen LogP contribution in [0.25, 0.3) is 22.0 Å². The van der Waals surface area contributed by atoms with Gasteiger partial charge in [0.1, 0.15) is 20.9 Å². The molecular weight excluding hydrogens is 455 g/mol. The summed E-state index contributed by atoms with van der Waals surface area (Å²) >= 11 is 7.76. The van der Waals surface area contributed by atoms with Crippen molar-refractivity contribution in [1.82, 2.24) is 20.4 Å². The largest absolute Gasteiger partial charge is 0.354 e. The molecule has 0 aliphatic carbocycles. The molecule has 158 valence electrons. The smallest absolute Gasteiger partial charge is 0.238 e. The number of hydrogen-bond acceptors (Lipinski definition) is 7. The monoisotopic (exact) mass is 472 g/mol. The highest BCUT2D eigenvalue weighted by molar-refractivity contribution is 8.23.